The number of aromatic nitrogens is 1. The Morgan fingerprint density at radius 3 is 2.26 bits per heavy atom. The van der Waals surface area contributed by atoms with Gasteiger partial charge in [-0.2, -0.15) is 0 Å². The summed E-state index contributed by atoms with van der Waals surface area (Å²) in [6.45, 7) is 0. The highest BCUT2D eigenvalue weighted by atomic mass is 16.6. The molecule has 0 aliphatic carbocycles. The highest BCUT2D eigenvalue weighted by molar-refractivity contribution is 5.55. The third-order valence-corrected chi connectivity index (χ3v) is 2.57. The van der Waals surface area contributed by atoms with Crippen molar-refractivity contribution in [2.24, 2.45) is 0 Å². The average molecular weight is 259 g/mol. The highest BCUT2D eigenvalue weighted by Crippen LogP contribution is 2.30. The predicted molar refractivity (Wildman–Crippen MR) is 66.8 cm³/mol. The number of hydrogen-bond acceptors (Lipinski definition) is 5. The molecule has 0 aliphatic rings. The molecule has 1 heterocycles. The van der Waals surface area contributed by atoms with Crippen LogP contribution in [-0.4, -0.2) is 14.8 Å². The fourth-order valence-electron chi connectivity index (χ4n) is 1.75. The number of rotatable bonds is 4. The van der Waals surface area contributed by atoms with E-state index in [1.54, 1.807) is 24.3 Å². The minimum atomic E-state index is -0.770. The van der Waals surface area contributed by atoms with E-state index in [0.29, 0.717) is 0 Å². The molecule has 7 nitrogen and oxygen atoms in total. The van der Waals surface area contributed by atoms with Gasteiger partial charge in [-0.25, -0.2) is 0 Å². The van der Waals surface area contributed by atoms with Gasteiger partial charge in [0.25, 0.3) is 0 Å². The van der Waals surface area contributed by atoms with Crippen LogP contribution >= 0.6 is 0 Å². The highest BCUT2D eigenvalue weighted by Gasteiger charge is 2.29. The molecular weight excluding hydrogens is 250 g/mol. The molecule has 0 unspecified atom stereocenters. The van der Waals surface area contributed by atoms with Gasteiger partial charge in [-0.05, 0) is 5.56 Å². The summed E-state index contributed by atoms with van der Waals surface area (Å²) in [5, 5.41) is 21.8. The number of nitro groups is 2. The van der Waals surface area contributed by atoms with Crippen molar-refractivity contribution in [2.45, 2.75) is 6.42 Å². The van der Waals surface area contributed by atoms with Crippen molar-refractivity contribution in [1.82, 2.24) is 4.98 Å². The van der Waals surface area contributed by atoms with Gasteiger partial charge >= 0.3 is 11.4 Å². The monoisotopic (exact) mass is 259 g/mol. The van der Waals surface area contributed by atoms with Crippen LogP contribution in [0.3, 0.4) is 0 Å². The van der Waals surface area contributed by atoms with Crippen LogP contribution in [0.1, 0.15) is 11.3 Å². The lowest BCUT2D eigenvalue weighted by molar-refractivity contribution is -0.423. The van der Waals surface area contributed by atoms with Gasteiger partial charge in [0.2, 0.25) is 0 Å². The molecule has 96 valence electrons. The molecule has 2 rings (SSSR count). The van der Waals surface area contributed by atoms with E-state index in [-0.39, 0.29) is 12.1 Å². The average Bonchev–Trinajstić information content (AvgIpc) is 2.39. The Morgan fingerprint density at radius 2 is 1.68 bits per heavy atom. The van der Waals surface area contributed by atoms with Crippen LogP contribution in [0.15, 0.2) is 42.6 Å². The first-order chi connectivity index (χ1) is 9.09. The first-order valence-corrected chi connectivity index (χ1v) is 5.40. The van der Waals surface area contributed by atoms with Crippen molar-refractivity contribution < 1.29 is 9.85 Å². The molecule has 2 aromatic rings. The lowest BCUT2D eigenvalue weighted by atomic mass is 10.1. The van der Waals surface area contributed by atoms with Crippen LogP contribution in [0.25, 0.3) is 0 Å². The van der Waals surface area contributed by atoms with Gasteiger partial charge in [-0.15, -0.1) is 0 Å². The summed E-state index contributed by atoms with van der Waals surface area (Å²) in [5.74, 6) is 0. The van der Waals surface area contributed by atoms with E-state index in [0.717, 1.165) is 11.6 Å². The lowest BCUT2D eigenvalue weighted by Gasteiger charge is -2.02. The van der Waals surface area contributed by atoms with Crippen molar-refractivity contribution in [1.29, 1.82) is 0 Å². The molecule has 1 aromatic heterocycles. The fourth-order valence-corrected chi connectivity index (χ4v) is 1.75. The molecule has 0 N–H and O–H groups in total. The Labute approximate surface area is 107 Å². The lowest BCUT2D eigenvalue weighted by Crippen LogP contribution is -2.03. The summed E-state index contributed by atoms with van der Waals surface area (Å²) in [4.78, 5) is 24.2. The zero-order valence-electron chi connectivity index (χ0n) is 9.72. The maximum atomic E-state index is 11.0. The summed E-state index contributed by atoms with van der Waals surface area (Å²) in [5.41, 5.74) is -0.189. The van der Waals surface area contributed by atoms with E-state index < -0.39 is 21.2 Å². The van der Waals surface area contributed by atoms with Gasteiger partial charge in [0.1, 0.15) is 5.69 Å². The number of pyridine rings is 1. The fraction of sp³-hybridized carbons (Fsp3) is 0.0833. The molecule has 0 saturated heterocycles. The second kappa shape index (κ2) is 5.21. The van der Waals surface area contributed by atoms with Crippen molar-refractivity contribution >= 4 is 11.4 Å². The van der Waals surface area contributed by atoms with Gasteiger partial charge in [-0.1, -0.05) is 30.3 Å². The molecule has 0 aliphatic heterocycles. The summed E-state index contributed by atoms with van der Waals surface area (Å²) in [6.07, 6.45) is 1.39. The van der Waals surface area contributed by atoms with Crippen LogP contribution in [0.5, 0.6) is 0 Å². The first-order valence-electron chi connectivity index (χ1n) is 5.40. The minimum Gasteiger partial charge on any atom is -0.258 e. The Hall–Kier alpha value is -2.83. The van der Waals surface area contributed by atoms with Crippen LogP contribution < -0.4 is 0 Å². The van der Waals surface area contributed by atoms with Crippen molar-refractivity contribution in [2.75, 3.05) is 0 Å². The van der Waals surface area contributed by atoms with E-state index in [1.165, 1.54) is 6.20 Å². The summed E-state index contributed by atoms with van der Waals surface area (Å²) in [6, 6.07) is 10.00. The predicted octanol–water partition coefficient (Wildman–Crippen LogP) is 2.49. The van der Waals surface area contributed by atoms with Crippen LogP contribution in [0.4, 0.5) is 11.4 Å². The standard InChI is InChI=1S/C12H9N3O4/c16-14(17)11-6-7-13-10(12(11)15(18)19)8-9-4-2-1-3-5-9/h1-7H,8H2. The van der Waals surface area contributed by atoms with Gasteiger partial charge in [-0.3, -0.25) is 25.2 Å². The van der Waals surface area contributed by atoms with Gasteiger partial charge < -0.3 is 0 Å². The van der Waals surface area contributed by atoms with E-state index in [9.17, 15) is 20.2 Å². The molecule has 0 amide bonds. The molecular formula is C12H9N3O4. The molecule has 0 saturated carbocycles. The minimum absolute atomic E-state index is 0.0883. The summed E-state index contributed by atoms with van der Waals surface area (Å²) < 4.78 is 0. The molecule has 0 spiro atoms. The van der Waals surface area contributed by atoms with Gasteiger partial charge in [0.15, 0.2) is 0 Å². The Balaban J connectivity index is 2.48. The second-order valence-electron chi connectivity index (χ2n) is 3.80. The third kappa shape index (κ3) is 2.71. The quantitative estimate of drug-likeness (QED) is 0.620. The Kier molecular flexibility index (Phi) is 3.46. The molecule has 19 heavy (non-hydrogen) atoms. The van der Waals surface area contributed by atoms with E-state index in [2.05, 4.69) is 4.98 Å². The van der Waals surface area contributed by atoms with Crippen molar-refractivity contribution in [3.8, 4) is 0 Å². The molecule has 0 fully saturated rings. The maximum absolute atomic E-state index is 11.0. The van der Waals surface area contributed by atoms with Gasteiger partial charge in [0, 0.05) is 18.7 Å². The zero-order valence-corrected chi connectivity index (χ0v) is 9.72. The third-order valence-electron chi connectivity index (χ3n) is 2.57. The Morgan fingerprint density at radius 1 is 1.00 bits per heavy atom. The Bertz CT molecular complexity index is 628. The number of nitrogens with zero attached hydrogens (tertiary/aromatic N) is 3. The van der Waals surface area contributed by atoms with Gasteiger partial charge in [0.05, 0.1) is 9.85 Å². The SMILES string of the molecule is O=[N+]([O-])c1ccnc(Cc2ccccc2)c1[N+](=O)[O-]. The largest absolute Gasteiger partial charge is 0.367 e. The molecule has 0 atom stereocenters. The van der Waals surface area contributed by atoms with E-state index >= 15 is 0 Å². The first kappa shape index (κ1) is 12.6. The smallest absolute Gasteiger partial charge is 0.258 e. The van der Waals surface area contributed by atoms with Crippen LogP contribution in [0.2, 0.25) is 0 Å². The molecule has 0 radical (unpaired) electrons. The zero-order chi connectivity index (χ0) is 13.8. The molecule has 0 bridgehead atoms. The maximum Gasteiger partial charge on any atom is 0.367 e. The second-order valence-corrected chi connectivity index (χ2v) is 3.80. The normalized spacial score (nSPS) is 10.1. The van der Waals surface area contributed by atoms with Crippen LogP contribution in [-0.2, 0) is 6.42 Å². The topological polar surface area (TPSA) is 99.2 Å². The molecule has 1 aromatic carbocycles. The summed E-state index contributed by atoms with van der Waals surface area (Å²) in [7, 11) is 0. The summed E-state index contributed by atoms with van der Waals surface area (Å²) >= 11 is 0. The van der Waals surface area contributed by atoms with Crippen molar-refractivity contribution in [3.05, 3.63) is 74.1 Å². The molecule has 7 heteroatoms. The van der Waals surface area contributed by atoms with E-state index in [4.69, 9.17) is 0 Å². The number of benzene rings is 1. The van der Waals surface area contributed by atoms with E-state index in [1.807, 2.05) is 6.07 Å². The number of hydrogen-bond donors (Lipinski definition) is 0. The van der Waals surface area contributed by atoms with Crippen molar-refractivity contribution in [3.63, 3.8) is 0 Å². The van der Waals surface area contributed by atoms with Crippen LogP contribution in [0, 0.1) is 20.2 Å².